The van der Waals surface area contributed by atoms with Gasteiger partial charge in [-0.3, -0.25) is 4.79 Å². The van der Waals surface area contributed by atoms with E-state index >= 15 is 0 Å². The minimum Gasteiger partial charge on any atom is -0.489 e. The van der Waals surface area contributed by atoms with Gasteiger partial charge in [0.2, 0.25) is 5.91 Å². The second-order valence-electron chi connectivity index (χ2n) is 7.58. The molecule has 150 valence electrons. The SMILES string of the molecule is CC(=O)Nc1ccccc1OCC(O)CN1CCC(Cc2ccccc2)CC1. The summed E-state index contributed by atoms with van der Waals surface area (Å²) < 4.78 is 5.75. The van der Waals surface area contributed by atoms with E-state index in [4.69, 9.17) is 4.74 Å². The van der Waals surface area contributed by atoms with E-state index in [1.165, 1.54) is 12.5 Å². The Labute approximate surface area is 167 Å². The highest BCUT2D eigenvalue weighted by molar-refractivity contribution is 5.90. The summed E-state index contributed by atoms with van der Waals surface area (Å²) in [6.45, 7) is 4.31. The lowest BCUT2D eigenvalue weighted by molar-refractivity contribution is -0.114. The van der Waals surface area contributed by atoms with Crippen molar-refractivity contribution in [2.24, 2.45) is 5.92 Å². The van der Waals surface area contributed by atoms with Crippen molar-refractivity contribution >= 4 is 11.6 Å². The molecule has 3 rings (SSSR count). The lowest BCUT2D eigenvalue weighted by Crippen LogP contribution is -2.41. The van der Waals surface area contributed by atoms with Gasteiger partial charge in [0.15, 0.2) is 0 Å². The molecule has 5 nitrogen and oxygen atoms in total. The molecule has 0 aromatic heterocycles. The fraction of sp³-hybridized carbons (Fsp3) is 0.435. The highest BCUT2D eigenvalue weighted by Gasteiger charge is 2.21. The molecule has 1 atom stereocenters. The third-order valence-electron chi connectivity index (χ3n) is 5.17. The van der Waals surface area contributed by atoms with Gasteiger partial charge in [-0.1, -0.05) is 42.5 Å². The summed E-state index contributed by atoms with van der Waals surface area (Å²) in [5, 5.41) is 13.1. The number of hydrogen-bond donors (Lipinski definition) is 2. The quantitative estimate of drug-likeness (QED) is 0.735. The van der Waals surface area contributed by atoms with Gasteiger partial charge in [0.1, 0.15) is 18.5 Å². The maximum absolute atomic E-state index is 11.3. The standard InChI is InChI=1S/C23H30N2O3/c1-18(26)24-22-9-5-6-10-23(22)28-17-21(27)16-25-13-11-20(12-14-25)15-19-7-3-2-4-8-19/h2-10,20-21,27H,11-17H2,1H3,(H,24,26). The number of rotatable bonds is 8. The molecule has 1 aliphatic rings. The predicted molar refractivity (Wildman–Crippen MR) is 112 cm³/mol. The number of para-hydroxylation sites is 2. The van der Waals surface area contributed by atoms with E-state index in [0.717, 1.165) is 38.3 Å². The van der Waals surface area contributed by atoms with Crippen LogP contribution in [0.1, 0.15) is 25.3 Å². The largest absolute Gasteiger partial charge is 0.489 e. The van der Waals surface area contributed by atoms with Crippen molar-refractivity contribution in [1.29, 1.82) is 0 Å². The summed E-state index contributed by atoms with van der Waals surface area (Å²) in [5.74, 6) is 1.16. The van der Waals surface area contributed by atoms with Crippen LogP contribution in [-0.2, 0) is 11.2 Å². The Balaban J connectivity index is 1.40. The molecule has 2 N–H and O–H groups in total. The summed E-state index contributed by atoms with van der Waals surface area (Å²) in [5.41, 5.74) is 2.04. The van der Waals surface area contributed by atoms with E-state index in [9.17, 15) is 9.90 Å². The second-order valence-corrected chi connectivity index (χ2v) is 7.58. The lowest BCUT2D eigenvalue weighted by Gasteiger charge is -2.33. The van der Waals surface area contributed by atoms with Crippen molar-refractivity contribution in [2.75, 3.05) is 31.6 Å². The smallest absolute Gasteiger partial charge is 0.221 e. The van der Waals surface area contributed by atoms with Crippen LogP contribution in [0.2, 0.25) is 0 Å². The van der Waals surface area contributed by atoms with Crippen molar-refractivity contribution in [1.82, 2.24) is 4.90 Å². The average molecular weight is 383 g/mol. The molecule has 0 radical (unpaired) electrons. The number of aliphatic hydroxyl groups is 1. The molecule has 0 spiro atoms. The Hall–Kier alpha value is -2.37. The number of amides is 1. The Bertz CT molecular complexity index is 743. The number of nitrogens with one attached hydrogen (secondary N) is 1. The van der Waals surface area contributed by atoms with E-state index in [1.807, 2.05) is 12.1 Å². The molecule has 0 saturated carbocycles. The van der Waals surface area contributed by atoms with E-state index in [1.54, 1.807) is 12.1 Å². The van der Waals surface area contributed by atoms with Gasteiger partial charge in [0.05, 0.1) is 5.69 Å². The topological polar surface area (TPSA) is 61.8 Å². The number of benzene rings is 2. The van der Waals surface area contributed by atoms with Gasteiger partial charge in [-0.15, -0.1) is 0 Å². The van der Waals surface area contributed by atoms with Gasteiger partial charge in [0.25, 0.3) is 0 Å². The van der Waals surface area contributed by atoms with Crippen molar-refractivity contribution in [2.45, 2.75) is 32.3 Å². The van der Waals surface area contributed by atoms with Crippen LogP contribution < -0.4 is 10.1 Å². The number of anilines is 1. The highest BCUT2D eigenvalue weighted by Crippen LogP contribution is 2.24. The number of aliphatic hydroxyl groups excluding tert-OH is 1. The predicted octanol–water partition coefficient (Wildman–Crippen LogP) is 3.34. The molecule has 1 saturated heterocycles. The zero-order valence-electron chi connectivity index (χ0n) is 16.5. The molecule has 5 heteroatoms. The molecular weight excluding hydrogens is 352 g/mol. The summed E-state index contributed by atoms with van der Waals surface area (Å²) in [7, 11) is 0. The van der Waals surface area contributed by atoms with Gasteiger partial charge in [0, 0.05) is 13.5 Å². The molecular formula is C23H30N2O3. The normalized spacial score (nSPS) is 16.5. The first-order valence-electron chi connectivity index (χ1n) is 10.0. The maximum atomic E-state index is 11.3. The first-order chi connectivity index (χ1) is 13.6. The maximum Gasteiger partial charge on any atom is 0.221 e. The van der Waals surface area contributed by atoms with Crippen molar-refractivity contribution in [3.63, 3.8) is 0 Å². The van der Waals surface area contributed by atoms with Crippen LogP contribution in [-0.4, -0.2) is 48.3 Å². The van der Waals surface area contributed by atoms with Crippen LogP contribution in [0.4, 0.5) is 5.69 Å². The van der Waals surface area contributed by atoms with Gasteiger partial charge >= 0.3 is 0 Å². The van der Waals surface area contributed by atoms with Crippen LogP contribution in [0.3, 0.4) is 0 Å². The molecule has 2 aromatic rings. The van der Waals surface area contributed by atoms with E-state index in [0.29, 0.717) is 18.0 Å². The summed E-state index contributed by atoms with van der Waals surface area (Å²) >= 11 is 0. The molecule has 1 heterocycles. The number of β-amino-alcohol motifs (C(OH)–C–C–N with tert-alkyl or cyclic N) is 1. The monoisotopic (exact) mass is 382 g/mol. The van der Waals surface area contributed by atoms with Crippen LogP contribution in [0, 0.1) is 5.92 Å². The second kappa shape index (κ2) is 10.2. The molecule has 1 aliphatic heterocycles. The van der Waals surface area contributed by atoms with E-state index in [-0.39, 0.29) is 12.5 Å². The number of likely N-dealkylation sites (tertiary alicyclic amines) is 1. The number of piperidine rings is 1. The van der Waals surface area contributed by atoms with Crippen molar-refractivity contribution in [3.05, 3.63) is 60.2 Å². The van der Waals surface area contributed by atoms with Gasteiger partial charge in [-0.05, 0) is 56.0 Å². The average Bonchev–Trinajstić information content (AvgIpc) is 2.69. The zero-order chi connectivity index (χ0) is 19.8. The molecule has 0 bridgehead atoms. The van der Waals surface area contributed by atoms with Crippen molar-refractivity contribution < 1.29 is 14.6 Å². The Kier molecular flexibility index (Phi) is 7.46. The van der Waals surface area contributed by atoms with E-state index in [2.05, 4.69) is 40.5 Å². The van der Waals surface area contributed by atoms with Crippen LogP contribution >= 0.6 is 0 Å². The molecule has 0 aliphatic carbocycles. The molecule has 1 fully saturated rings. The first-order valence-corrected chi connectivity index (χ1v) is 10.0. The minimum absolute atomic E-state index is 0.144. The number of carbonyl (C=O) groups is 1. The Morgan fingerprint density at radius 3 is 2.54 bits per heavy atom. The fourth-order valence-electron chi connectivity index (χ4n) is 3.74. The van der Waals surface area contributed by atoms with Gasteiger partial charge < -0.3 is 20.1 Å². The third kappa shape index (κ3) is 6.36. The summed E-state index contributed by atoms with van der Waals surface area (Å²) in [4.78, 5) is 13.6. The zero-order valence-corrected chi connectivity index (χ0v) is 16.5. The van der Waals surface area contributed by atoms with Crippen LogP contribution in [0.25, 0.3) is 0 Å². The van der Waals surface area contributed by atoms with Crippen LogP contribution in [0.15, 0.2) is 54.6 Å². The lowest BCUT2D eigenvalue weighted by atomic mass is 9.90. The molecule has 2 aromatic carbocycles. The van der Waals surface area contributed by atoms with Gasteiger partial charge in [-0.2, -0.15) is 0 Å². The summed E-state index contributed by atoms with van der Waals surface area (Å²) in [6, 6.07) is 17.9. The molecule has 1 unspecified atom stereocenters. The third-order valence-corrected chi connectivity index (χ3v) is 5.17. The number of hydrogen-bond acceptors (Lipinski definition) is 4. The molecule has 1 amide bonds. The summed E-state index contributed by atoms with van der Waals surface area (Å²) in [6.07, 6.45) is 2.90. The minimum atomic E-state index is -0.559. The highest BCUT2D eigenvalue weighted by atomic mass is 16.5. The Morgan fingerprint density at radius 1 is 1.14 bits per heavy atom. The molecule has 28 heavy (non-hydrogen) atoms. The number of carbonyl (C=O) groups excluding carboxylic acids is 1. The fourth-order valence-corrected chi connectivity index (χ4v) is 3.74. The van der Waals surface area contributed by atoms with E-state index < -0.39 is 6.10 Å². The van der Waals surface area contributed by atoms with Gasteiger partial charge in [-0.25, -0.2) is 0 Å². The number of nitrogens with zero attached hydrogens (tertiary/aromatic N) is 1. The van der Waals surface area contributed by atoms with Crippen molar-refractivity contribution in [3.8, 4) is 5.75 Å². The Morgan fingerprint density at radius 2 is 1.82 bits per heavy atom. The first kappa shape index (κ1) is 20.4. The van der Waals surface area contributed by atoms with Crippen LogP contribution in [0.5, 0.6) is 5.75 Å². The number of ether oxygens (including phenoxy) is 1.